The Morgan fingerprint density at radius 1 is 1.56 bits per heavy atom. The Balaban J connectivity index is 2.13. The molecule has 0 aromatic carbocycles. The van der Waals surface area contributed by atoms with E-state index in [0.29, 0.717) is 18.6 Å². The molecule has 2 rings (SSSR count). The summed E-state index contributed by atoms with van der Waals surface area (Å²) in [5.41, 5.74) is 0.590. The summed E-state index contributed by atoms with van der Waals surface area (Å²) in [6.07, 6.45) is 2.54. The van der Waals surface area contributed by atoms with Crippen LogP contribution in [0, 0.1) is 17.3 Å². The molecule has 2 unspecified atom stereocenters. The second kappa shape index (κ2) is 3.61. The Morgan fingerprint density at radius 3 is 2.75 bits per heavy atom. The number of hydrogen-bond donors (Lipinski definition) is 0. The van der Waals surface area contributed by atoms with Gasteiger partial charge in [-0.2, -0.15) is 0 Å². The summed E-state index contributed by atoms with van der Waals surface area (Å²) in [5.74, 6) is -0.469. The van der Waals surface area contributed by atoms with E-state index in [1.54, 1.807) is 0 Å². The standard InChI is InChI=1S/C12H16O4/c1-12(2)8(9(12)11(14)15-3)6-7-4-5-16-10(7)13/h6,8-9H,4-5H2,1-3H3. The molecule has 16 heavy (non-hydrogen) atoms. The van der Waals surface area contributed by atoms with Gasteiger partial charge in [0.1, 0.15) is 0 Å². The van der Waals surface area contributed by atoms with E-state index in [4.69, 9.17) is 9.47 Å². The van der Waals surface area contributed by atoms with E-state index in [2.05, 4.69) is 0 Å². The van der Waals surface area contributed by atoms with Gasteiger partial charge >= 0.3 is 11.9 Å². The van der Waals surface area contributed by atoms with Crippen molar-refractivity contribution in [3.8, 4) is 0 Å². The van der Waals surface area contributed by atoms with Crippen LogP contribution in [-0.2, 0) is 19.1 Å². The molecule has 88 valence electrons. The molecule has 1 saturated heterocycles. The maximum Gasteiger partial charge on any atom is 0.333 e. The largest absolute Gasteiger partial charge is 0.469 e. The van der Waals surface area contributed by atoms with Crippen LogP contribution in [0.4, 0.5) is 0 Å². The molecule has 1 heterocycles. The molecule has 1 saturated carbocycles. The molecule has 2 fully saturated rings. The first-order chi connectivity index (χ1) is 7.48. The zero-order chi connectivity index (χ0) is 11.9. The average molecular weight is 224 g/mol. The van der Waals surface area contributed by atoms with Crippen LogP contribution in [0.15, 0.2) is 11.6 Å². The summed E-state index contributed by atoms with van der Waals surface area (Å²) in [6.45, 7) is 4.48. The highest BCUT2D eigenvalue weighted by molar-refractivity contribution is 5.90. The number of cyclic esters (lactones) is 1. The molecular formula is C12H16O4. The zero-order valence-corrected chi connectivity index (χ0v) is 9.78. The predicted octanol–water partition coefficient (Wildman–Crippen LogP) is 1.30. The minimum atomic E-state index is -0.244. The van der Waals surface area contributed by atoms with Crippen LogP contribution < -0.4 is 0 Å². The molecule has 0 bridgehead atoms. The van der Waals surface area contributed by atoms with Crippen molar-refractivity contribution in [2.45, 2.75) is 20.3 Å². The van der Waals surface area contributed by atoms with E-state index in [0.717, 1.165) is 0 Å². The van der Waals surface area contributed by atoms with E-state index < -0.39 is 0 Å². The van der Waals surface area contributed by atoms with Gasteiger partial charge in [0.15, 0.2) is 0 Å². The molecular weight excluding hydrogens is 208 g/mol. The lowest BCUT2D eigenvalue weighted by atomic mass is 10.1. The van der Waals surface area contributed by atoms with Gasteiger partial charge in [0, 0.05) is 12.0 Å². The maximum atomic E-state index is 11.5. The third-order valence-electron chi connectivity index (χ3n) is 3.61. The molecule has 0 spiro atoms. The summed E-state index contributed by atoms with van der Waals surface area (Å²) >= 11 is 0. The van der Waals surface area contributed by atoms with Gasteiger partial charge in [-0.1, -0.05) is 19.9 Å². The highest BCUT2D eigenvalue weighted by atomic mass is 16.5. The molecule has 0 radical (unpaired) electrons. The number of ether oxygens (including phenoxy) is 2. The van der Waals surface area contributed by atoms with Gasteiger partial charge in [0.2, 0.25) is 0 Å². The van der Waals surface area contributed by atoms with E-state index in [1.807, 2.05) is 19.9 Å². The molecule has 1 aliphatic carbocycles. The number of rotatable bonds is 2. The fraction of sp³-hybridized carbons (Fsp3) is 0.667. The molecule has 2 aliphatic rings. The van der Waals surface area contributed by atoms with Gasteiger partial charge in [-0.15, -0.1) is 0 Å². The number of methoxy groups -OCH3 is 1. The van der Waals surface area contributed by atoms with E-state index in [-0.39, 0.29) is 29.2 Å². The minimum absolute atomic E-state index is 0.0978. The van der Waals surface area contributed by atoms with Crippen LogP contribution in [-0.4, -0.2) is 25.7 Å². The summed E-state index contributed by atoms with van der Waals surface area (Å²) in [6, 6.07) is 0. The molecule has 4 nitrogen and oxygen atoms in total. The second-order valence-electron chi connectivity index (χ2n) is 4.93. The smallest absolute Gasteiger partial charge is 0.333 e. The Hall–Kier alpha value is -1.32. The van der Waals surface area contributed by atoms with E-state index >= 15 is 0 Å². The average Bonchev–Trinajstić information content (AvgIpc) is 2.57. The van der Waals surface area contributed by atoms with Crippen molar-refractivity contribution in [1.82, 2.24) is 0 Å². The quantitative estimate of drug-likeness (QED) is 0.524. The lowest BCUT2D eigenvalue weighted by molar-refractivity contribution is -0.143. The van der Waals surface area contributed by atoms with E-state index in [9.17, 15) is 9.59 Å². The van der Waals surface area contributed by atoms with Crippen LogP contribution in [0.5, 0.6) is 0 Å². The highest BCUT2D eigenvalue weighted by Crippen LogP contribution is 2.60. The molecule has 1 aliphatic heterocycles. The predicted molar refractivity (Wildman–Crippen MR) is 56.4 cm³/mol. The van der Waals surface area contributed by atoms with Crippen LogP contribution in [0.1, 0.15) is 20.3 Å². The fourth-order valence-corrected chi connectivity index (χ4v) is 2.38. The van der Waals surface area contributed by atoms with Gasteiger partial charge in [-0.25, -0.2) is 4.79 Å². The Bertz CT molecular complexity index is 367. The summed E-state index contributed by atoms with van der Waals surface area (Å²) in [4.78, 5) is 22.8. The maximum absolute atomic E-state index is 11.5. The first kappa shape index (κ1) is 11.2. The monoisotopic (exact) mass is 224 g/mol. The van der Waals surface area contributed by atoms with Crippen molar-refractivity contribution in [3.63, 3.8) is 0 Å². The van der Waals surface area contributed by atoms with Gasteiger partial charge in [-0.3, -0.25) is 4.79 Å². The molecule has 0 N–H and O–H groups in total. The minimum Gasteiger partial charge on any atom is -0.469 e. The van der Waals surface area contributed by atoms with Crippen LogP contribution >= 0.6 is 0 Å². The molecule has 0 aromatic heterocycles. The SMILES string of the molecule is COC(=O)C1C(C=C2CCOC2=O)C1(C)C. The van der Waals surface area contributed by atoms with E-state index in [1.165, 1.54) is 7.11 Å². The van der Waals surface area contributed by atoms with Crippen LogP contribution in [0.2, 0.25) is 0 Å². The summed E-state index contributed by atoms with van der Waals surface area (Å²) < 4.78 is 9.61. The van der Waals surface area contributed by atoms with Crippen molar-refractivity contribution in [1.29, 1.82) is 0 Å². The van der Waals surface area contributed by atoms with Crippen molar-refractivity contribution in [2.75, 3.05) is 13.7 Å². The normalized spacial score (nSPS) is 33.7. The topological polar surface area (TPSA) is 52.6 Å². The summed E-state index contributed by atoms with van der Waals surface area (Å²) in [7, 11) is 1.39. The van der Waals surface area contributed by atoms with Crippen molar-refractivity contribution < 1.29 is 19.1 Å². The van der Waals surface area contributed by atoms with Gasteiger partial charge in [0.25, 0.3) is 0 Å². The highest BCUT2D eigenvalue weighted by Gasteiger charge is 2.61. The molecule has 0 amide bonds. The number of allylic oxidation sites excluding steroid dienone is 1. The fourth-order valence-electron chi connectivity index (χ4n) is 2.38. The van der Waals surface area contributed by atoms with Crippen LogP contribution in [0.3, 0.4) is 0 Å². The summed E-state index contributed by atoms with van der Waals surface area (Å²) in [5, 5.41) is 0. The van der Waals surface area contributed by atoms with Crippen molar-refractivity contribution >= 4 is 11.9 Å². The number of hydrogen-bond acceptors (Lipinski definition) is 4. The molecule has 2 atom stereocenters. The second-order valence-corrected chi connectivity index (χ2v) is 4.93. The first-order valence-corrected chi connectivity index (χ1v) is 5.44. The zero-order valence-electron chi connectivity index (χ0n) is 9.78. The van der Waals surface area contributed by atoms with Gasteiger partial charge in [-0.05, 0) is 11.3 Å². The van der Waals surface area contributed by atoms with Crippen LogP contribution in [0.25, 0.3) is 0 Å². The van der Waals surface area contributed by atoms with Gasteiger partial charge in [0.05, 0.1) is 19.6 Å². The third-order valence-corrected chi connectivity index (χ3v) is 3.61. The Morgan fingerprint density at radius 2 is 2.25 bits per heavy atom. The molecule has 0 aromatic rings. The van der Waals surface area contributed by atoms with Crippen molar-refractivity contribution in [2.24, 2.45) is 17.3 Å². The van der Waals surface area contributed by atoms with Gasteiger partial charge < -0.3 is 9.47 Å². The Kier molecular flexibility index (Phi) is 2.52. The van der Waals surface area contributed by atoms with Crippen molar-refractivity contribution in [3.05, 3.63) is 11.6 Å². The third kappa shape index (κ3) is 1.62. The number of carbonyl (C=O) groups is 2. The Labute approximate surface area is 94.6 Å². The lowest BCUT2D eigenvalue weighted by Crippen LogP contribution is -2.07. The molecule has 4 heteroatoms. The first-order valence-electron chi connectivity index (χ1n) is 5.44. The number of carbonyl (C=O) groups excluding carboxylic acids is 2. The lowest BCUT2D eigenvalue weighted by Gasteiger charge is -1.99. The number of esters is 2.